The molecule has 1 aromatic heterocycles. The summed E-state index contributed by atoms with van der Waals surface area (Å²) in [6, 6.07) is 2.62. The second-order valence-electron chi connectivity index (χ2n) is 3.27. The first-order valence-electron chi connectivity index (χ1n) is 4.59. The minimum atomic E-state index is -4.34. The summed E-state index contributed by atoms with van der Waals surface area (Å²) >= 11 is 0. The molecule has 94 valence electrons. The smallest absolute Gasteiger partial charge is 0.390 e. The van der Waals surface area contributed by atoms with E-state index in [4.69, 9.17) is 10.9 Å². The highest BCUT2D eigenvalue weighted by atomic mass is 19.4. The normalized spacial score (nSPS) is 12.8. The van der Waals surface area contributed by atoms with Crippen molar-refractivity contribution in [3.8, 4) is 0 Å². The standard InChI is InChI=1S/C9H10F3N3O2/c10-9(11,12)3-5-15-4-1-2-6(8(15)16)7(13)14-17/h1-2,4,17H,3,5H2,(H2,13,14). The Morgan fingerprint density at radius 3 is 2.71 bits per heavy atom. The number of halogens is 3. The second kappa shape index (κ2) is 4.89. The molecule has 0 spiro atoms. The minimum absolute atomic E-state index is 0.142. The van der Waals surface area contributed by atoms with Crippen LogP contribution in [0.15, 0.2) is 28.3 Å². The Morgan fingerprint density at radius 2 is 2.18 bits per heavy atom. The number of amidine groups is 1. The quantitative estimate of drug-likeness (QED) is 0.361. The summed E-state index contributed by atoms with van der Waals surface area (Å²) in [5.41, 5.74) is 4.34. The Hall–Kier alpha value is -1.99. The zero-order valence-corrected chi connectivity index (χ0v) is 8.61. The first-order valence-corrected chi connectivity index (χ1v) is 4.59. The van der Waals surface area contributed by atoms with E-state index in [9.17, 15) is 18.0 Å². The fraction of sp³-hybridized carbons (Fsp3) is 0.333. The average molecular weight is 249 g/mol. The molecule has 0 fully saturated rings. The molecule has 0 saturated heterocycles. The van der Waals surface area contributed by atoms with E-state index < -0.39 is 30.5 Å². The summed E-state index contributed by atoms with van der Waals surface area (Å²) in [7, 11) is 0. The van der Waals surface area contributed by atoms with Crippen molar-refractivity contribution in [3.63, 3.8) is 0 Å². The summed E-state index contributed by atoms with van der Waals surface area (Å²) < 4.78 is 36.8. The number of nitrogens with two attached hydrogens (primary N) is 1. The van der Waals surface area contributed by atoms with E-state index in [1.54, 1.807) is 0 Å². The lowest BCUT2D eigenvalue weighted by atomic mass is 10.2. The summed E-state index contributed by atoms with van der Waals surface area (Å²) in [4.78, 5) is 11.6. The van der Waals surface area contributed by atoms with Gasteiger partial charge in [-0.25, -0.2) is 0 Å². The molecule has 5 nitrogen and oxygen atoms in total. The number of aryl methyl sites for hydroxylation is 1. The zero-order valence-electron chi connectivity index (χ0n) is 8.61. The second-order valence-corrected chi connectivity index (χ2v) is 3.27. The van der Waals surface area contributed by atoms with Crippen LogP contribution < -0.4 is 11.3 Å². The molecule has 1 rings (SSSR count). The van der Waals surface area contributed by atoms with Gasteiger partial charge in [0.2, 0.25) is 0 Å². The fourth-order valence-corrected chi connectivity index (χ4v) is 1.21. The number of nitrogens with zero attached hydrogens (tertiary/aromatic N) is 2. The van der Waals surface area contributed by atoms with Crippen LogP contribution in [0.25, 0.3) is 0 Å². The Bertz CT molecular complexity index is 479. The van der Waals surface area contributed by atoms with Crippen molar-refractivity contribution in [2.24, 2.45) is 10.9 Å². The van der Waals surface area contributed by atoms with Crippen molar-refractivity contribution < 1.29 is 18.4 Å². The predicted octanol–water partition coefficient (Wildman–Crippen LogP) is 0.895. The molecular weight excluding hydrogens is 239 g/mol. The number of alkyl halides is 3. The maximum absolute atomic E-state index is 12.0. The van der Waals surface area contributed by atoms with E-state index in [1.807, 2.05) is 0 Å². The molecule has 8 heteroatoms. The number of oxime groups is 1. The molecule has 0 aliphatic heterocycles. The van der Waals surface area contributed by atoms with E-state index in [0.717, 1.165) is 4.57 Å². The Kier molecular flexibility index (Phi) is 3.77. The van der Waals surface area contributed by atoms with Crippen LogP contribution in [0.4, 0.5) is 13.2 Å². The van der Waals surface area contributed by atoms with Crippen molar-refractivity contribution >= 4 is 5.84 Å². The van der Waals surface area contributed by atoms with Gasteiger partial charge in [-0.3, -0.25) is 4.79 Å². The van der Waals surface area contributed by atoms with Crippen molar-refractivity contribution in [3.05, 3.63) is 34.2 Å². The fourth-order valence-electron chi connectivity index (χ4n) is 1.21. The molecule has 0 unspecified atom stereocenters. The van der Waals surface area contributed by atoms with Gasteiger partial charge in [0.15, 0.2) is 5.84 Å². The Balaban J connectivity index is 3.00. The van der Waals surface area contributed by atoms with Crippen molar-refractivity contribution in [2.45, 2.75) is 19.1 Å². The number of hydrogen-bond donors (Lipinski definition) is 2. The van der Waals surface area contributed by atoms with E-state index in [2.05, 4.69) is 5.16 Å². The van der Waals surface area contributed by atoms with Gasteiger partial charge in [-0.1, -0.05) is 5.16 Å². The molecule has 0 aliphatic rings. The molecule has 1 aromatic rings. The summed E-state index contributed by atoms with van der Waals surface area (Å²) in [6.45, 7) is -0.505. The molecule has 0 saturated carbocycles. The Morgan fingerprint density at radius 1 is 1.53 bits per heavy atom. The number of pyridine rings is 1. The van der Waals surface area contributed by atoms with Crippen LogP contribution in [-0.2, 0) is 6.54 Å². The van der Waals surface area contributed by atoms with E-state index in [-0.39, 0.29) is 5.56 Å². The van der Waals surface area contributed by atoms with E-state index in [0.29, 0.717) is 0 Å². The van der Waals surface area contributed by atoms with Gasteiger partial charge < -0.3 is 15.5 Å². The van der Waals surface area contributed by atoms with Gasteiger partial charge in [0, 0.05) is 12.7 Å². The summed E-state index contributed by atoms with van der Waals surface area (Å²) in [5.74, 6) is -0.434. The third kappa shape index (κ3) is 3.51. The maximum Gasteiger partial charge on any atom is 0.390 e. The predicted molar refractivity (Wildman–Crippen MR) is 53.9 cm³/mol. The molecule has 0 amide bonds. The van der Waals surface area contributed by atoms with Gasteiger partial charge >= 0.3 is 6.18 Å². The monoisotopic (exact) mass is 249 g/mol. The van der Waals surface area contributed by atoms with Crippen molar-refractivity contribution in [1.82, 2.24) is 4.57 Å². The van der Waals surface area contributed by atoms with Gasteiger partial charge in [0.25, 0.3) is 5.56 Å². The number of hydrogen-bond acceptors (Lipinski definition) is 3. The third-order valence-electron chi connectivity index (χ3n) is 2.04. The summed E-state index contributed by atoms with van der Waals surface area (Å²) in [5, 5.41) is 11.0. The lowest BCUT2D eigenvalue weighted by molar-refractivity contribution is -0.136. The first-order chi connectivity index (χ1) is 7.85. The van der Waals surface area contributed by atoms with Gasteiger partial charge in [0.05, 0.1) is 12.0 Å². The first kappa shape index (κ1) is 13.1. The molecule has 3 N–H and O–H groups in total. The van der Waals surface area contributed by atoms with Crippen LogP contribution in [0.2, 0.25) is 0 Å². The van der Waals surface area contributed by atoms with Gasteiger partial charge in [-0.05, 0) is 12.1 Å². The van der Waals surface area contributed by atoms with Crippen molar-refractivity contribution in [2.75, 3.05) is 0 Å². The molecular formula is C9H10F3N3O2. The van der Waals surface area contributed by atoms with Crippen LogP contribution in [0.1, 0.15) is 12.0 Å². The van der Waals surface area contributed by atoms with Crippen molar-refractivity contribution in [1.29, 1.82) is 0 Å². The minimum Gasteiger partial charge on any atom is -0.409 e. The molecule has 0 aromatic carbocycles. The van der Waals surface area contributed by atoms with Crippen LogP contribution in [-0.4, -0.2) is 21.8 Å². The zero-order chi connectivity index (χ0) is 13.1. The lowest BCUT2D eigenvalue weighted by Crippen LogP contribution is -2.30. The van der Waals surface area contributed by atoms with Gasteiger partial charge in [-0.2, -0.15) is 13.2 Å². The average Bonchev–Trinajstić information content (AvgIpc) is 2.25. The van der Waals surface area contributed by atoms with Crippen LogP contribution >= 0.6 is 0 Å². The van der Waals surface area contributed by atoms with Crippen LogP contribution in [0, 0.1) is 0 Å². The largest absolute Gasteiger partial charge is 0.409 e. The van der Waals surface area contributed by atoms with Gasteiger partial charge in [0.1, 0.15) is 0 Å². The highest BCUT2D eigenvalue weighted by Gasteiger charge is 2.26. The number of rotatable bonds is 3. The van der Waals surface area contributed by atoms with Crippen LogP contribution in [0.5, 0.6) is 0 Å². The van der Waals surface area contributed by atoms with E-state index >= 15 is 0 Å². The highest BCUT2D eigenvalue weighted by Crippen LogP contribution is 2.19. The summed E-state index contributed by atoms with van der Waals surface area (Å²) in [6.07, 6.45) is -4.25. The highest BCUT2D eigenvalue weighted by molar-refractivity contribution is 5.96. The third-order valence-corrected chi connectivity index (χ3v) is 2.04. The molecule has 0 radical (unpaired) electrons. The molecule has 0 atom stereocenters. The molecule has 1 heterocycles. The maximum atomic E-state index is 12.0. The van der Waals surface area contributed by atoms with Crippen LogP contribution in [0.3, 0.4) is 0 Å². The van der Waals surface area contributed by atoms with Gasteiger partial charge in [-0.15, -0.1) is 0 Å². The molecule has 17 heavy (non-hydrogen) atoms. The lowest BCUT2D eigenvalue weighted by Gasteiger charge is -2.09. The Labute approximate surface area is 94.0 Å². The topological polar surface area (TPSA) is 80.6 Å². The SMILES string of the molecule is N/C(=N/O)c1cccn(CCC(F)(F)F)c1=O. The molecule has 0 bridgehead atoms. The molecule has 0 aliphatic carbocycles. The number of aromatic nitrogens is 1. The van der Waals surface area contributed by atoms with E-state index in [1.165, 1.54) is 18.3 Å².